The van der Waals surface area contributed by atoms with Crippen molar-refractivity contribution in [1.29, 1.82) is 0 Å². The minimum Gasteiger partial charge on any atom is -0.481 e. The van der Waals surface area contributed by atoms with Gasteiger partial charge in [0.25, 0.3) is 0 Å². The van der Waals surface area contributed by atoms with E-state index in [0.29, 0.717) is 19.5 Å². The predicted molar refractivity (Wildman–Crippen MR) is 133 cm³/mol. The molecule has 0 unspecified atom stereocenters. The fourth-order valence-electron chi connectivity index (χ4n) is 4.95. The second-order valence-corrected chi connectivity index (χ2v) is 10.7. The highest BCUT2D eigenvalue weighted by Gasteiger charge is 2.48. The molecule has 0 bridgehead atoms. The number of carboxylic acids is 1. The van der Waals surface area contributed by atoms with E-state index in [0.717, 1.165) is 11.1 Å². The van der Waals surface area contributed by atoms with Gasteiger partial charge in [-0.3, -0.25) is 9.59 Å². The van der Waals surface area contributed by atoms with Crippen molar-refractivity contribution in [2.75, 3.05) is 19.7 Å². The highest BCUT2D eigenvalue weighted by Crippen LogP contribution is 2.44. The van der Waals surface area contributed by atoms with Crippen LogP contribution >= 0.6 is 0 Å². The maximum absolute atomic E-state index is 13.2. The largest absolute Gasteiger partial charge is 0.481 e. The molecule has 2 aliphatic rings. The molecule has 186 valence electrons. The Morgan fingerprint density at radius 1 is 0.971 bits per heavy atom. The van der Waals surface area contributed by atoms with Crippen LogP contribution in [0.2, 0.25) is 0 Å². The summed E-state index contributed by atoms with van der Waals surface area (Å²) < 4.78 is 5.69. The number of carbonyl (C=O) groups is 3. The van der Waals surface area contributed by atoms with E-state index in [9.17, 15) is 14.4 Å². The Bertz CT molecular complexity index is 1090. The van der Waals surface area contributed by atoms with Gasteiger partial charge in [-0.2, -0.15) is 0 Å². The van der Waals surface area contributed by atoms with Crippen LogP contribution in [0.5, 0.6) is 0 Å². The van der Waals surface area contributed by atoms with Crippen LogP contribution in [0, 0.1) is 11.3 Å². The van der Waals surface area contributed by atoms with Gasteiger partial charge in [0, 0.05) is 25.4 Å². The van der Waals surface area contributed by atoms with Crippen LogP contribution in [-0.4, -0.2) is 53.2 Å². The first-order valence-corrected chi connectivity index (χ1v) is 12.2. The molecule has 35 heavy (non-hydrogen) atoms. The van der Waals surface area contributed by atoms with Gasteiger partial charge in [-0.25, -0.2) is 4.79 Å². The zero-order valence-electron chi connectivity index (χ0n) is 20.8. The maximum Gasteiger partial charge on any atom is 0.407 e. The van der Waals surface area contributed by atoms with Crippen LogP contribution in [0.4, 0.5) is 4.79 Å². The number of hydrogen-bond acceptors (Lipinski definition) is 4. The number of rotatable bonds is 8. The van der Waals surface area contributed by atoms with Gasteiger partial charge >= 0.3 is 12.1 Å². The summed E-state index contributed by atoms with van der Waals surface area (Å²) in [6.45, 7) is 8.62. The molecule has 2 aromatic carbocycles. The van der Waals surface area contributed by atoms with E-state index >= 15 is 0 Å². The maximum atomic E-state index is 13.2. The molecule has 7 heteroatoms. The number of nitrogens with zero attached hydrogens (tertiary/aromatic N) is 1. The third-order valence-corrected chi connectivity index (χ3v) is 7.87. The van der Waals surface area contributed by atoms with Gasteiger partial charge in [-0.15, -0.1) is 0 Å². The highest BCUT2D eigenvalue weighted by atomic mass is 16.5. The van der Waals surface area contributed by atoms with Gasteiger partial charge in [0.15, 0.2) is 0 Å². The van der Waals surface area contributed by atoms with Gasteiger partial charge < -0.3 is 20.1 Å². The summed E-state index contributed by atoms with van der Waals surface area (Å²) >= 11 is 0. The average Bonchev–Trinajstić information content (AvgIpc) is 3.09. The van der Waals surface area contributed by atoms with Crippen molar-refractivity contribution in [1.82, 2.24) is 10.2 Å². The zero-order chi connectivity index (χ0) is 25.4. The van der Waals surface area contributed by atoms with Gasteiger partial charge in [0.1, 0.15) is 6.61 Å². The molecule has 2 aromatic rings. The van der Waals surface area contributed by atoms with Crippen LogP contribution < -0.4 is 5.32 Å². The molecule has 2 N–H and O–H groups in total. The van der Waals surface area contributed by atoms with Gasteiger partial charge in [-0.1, -0.05) is 48.5 Å². The first-order chi connectivity index (χ1) is 16.5. The Hall–Kier alpha value is -3.35. The smallest absolute Gasteiger partial charge is 0.407 e. The summed E-state index contributed by atoms with van der Waals surface area (Å²) in [6, 6.07) is 16.3. The number of carbonyl (C=O) groups excluding carboxylic acids is 2. The molecular formula is C28H34N2O5. The molecule has 0 radical (unpaired) electrons. The van der Waals surface area contributed by atoms with Crippen molar-refractivity contribution >= 4 is 18.0 Å². The first-order valence-electron chi connectivity index (χ1n) is 12.2. The van der Waals surface area contributed by atoms with Gasteiger partial charge in [-0.05, 0) is 62.3 Å². The van der Waals surface area contributed by atoms with E-state index < -0.39 is 23.0 Å². The predicted octanol–water partition coefficient (Wildman–Crippen LogP) is 4.65. The van der Waals surface area contributed by atoms with Crippen molar-refractivity contribution in [3.63, 3.8) is 0 Å². The summed E-state index contributed by atoms with van der Waals surface area (Å²) in [5.74, 6) is -0.699. The first kappa shape index (κ1) is 24.8. The van der Waals surface area contributed by atoms with E-state index in [-0.39, 0.29) is 30.8 Å². The second kappa shape index (κ2) is 9.36. The van der Waals surface area contributed by atoms with E-state index in [4.69, 9.17) is 9.84 Å². The number of nitrogens with one attached hydrogen (secondary N) is 1. The Kier molecular flexibility index (Phi) is 6.62. The highest BCUT2D eigenvalue weighted by molar-refractivity contribution is 5.85. The molecule has 1 fully saturated rings. The molecule has 0 spiro atoms. The molecule has 7 nitrogen and oxygen atoms in total. The fraction of sp³-hybridized carbons (Fsp3) is 0.464. The Labute approximate surface area is 206 Å². The molecular weight excluding hydrogens is 444 g/mol. The molecule has 1 aliphatic heterocycles. The molecule has 0 saturated carbocycles. The number of hydrogen-bond donors (Lipinski definition) is 2. The lowest BCUT2D eigenvalue weighted by molar-refractivity contribution is -0.151. The number of carboxylic acid groups (broad SMARTS) is 1. The Morgan fingerprint density at radius 2 is 1.51 bits per heavy atom. The summed E-state index contributed by atoms with van der Waals surface area (Å²) in [6.07, 6.45) is 0.131. The summed E-state index contributed by atoms with van der Waals surface area (Å²) in [5, 5.41) is 11.8. The quantitative estimate of drug-likeness (QED) is 0.576. The standard InChI is InChI=1S/C28H34N2O5/c1-27(2,25(33)30-15-18(16-30)13-14-24(31)32)28(3,4)29-26(34)35-17-23-21-11-7-5-9-19(21)20-10-6-8-12-22(20)23/h5-12,18,23H,13-17H2,1-4H3,(H,29,34)(H,31,32). The summed E-state index contributed by atoms with van der Waals surface area (Å²) in [7, 11) is 0. The fourth-order valence-corrected chi connectivity index (χ4v) is 4.95. The minimum absolute atomic E-state index is 0.0327. The number of fused-ring (bicyclic) bond motifs is 3. The lowest BCUT2D eigenvalue weighted by Gasteiger charge is -2.48. The number of aliphatic carboxylic acids is 1. The van der Waals surface area contributed by atoms with Crippen molar-refractivity contribution in [3.05, 3.63) is 59.7 Å². The van der Waals surface area contributed by atoms with Crippen molar-refractivity contribution in [2.24, 2.45) is 11.3 Å². The number of alkyl carbamates (subject to hydrolysis) is 1. The van der Waals surface area contributed by atoms with E-state index in [1.165, 1.54) is 11.1 Å². The minimum atomic E-state index is -0.879. The third kappa shape index (κ3) is 4.77. The summed E-state index contributed by atoms with van der Waals surface area (Å²) in [4.78, 5) is 38.6. The van der Waals surface area contributed by atoms with Gasteiger partial charge in [0.05, 0.1) is 11.0 Å². The number of ether oxygens (including phenoxy) is 1. The molecule has 4 rings (SSSR count). The molecule has 1 heterocycles. The van der Waals surface area contributed by atoms with E-state index in [1.54, 1.807) is 4.90 Å². The average molecular weight is 479 g/mol. The Balaban J connectivity index is 1.35. The van der Waals surface area contributed by atoms with E-state index in [1.807, 2.05) is 52.0 Å². The lowest BCUT2D eigenvalue weighted by atomic mass is 9.72. The van der Waals surface area contributed by atoms with Crippen LogP contribution in [0.15, 0.2) is 48.5 Å². The van der Waals surface area contributed by atoms with Crippen molar-refractivity contribution in [2.45, 2.75) is 52.0 Å². The van der Waals surface area contributed by atoms with Gasteiger partial charge in [0.2, 0.25) is 5.91 Å². The van der Waals surface area contributed by atoms with Crippen LogP contribution in [-0.2, 0) is 14.3 Å². The number of benzene rings is 2. The molecule has 0 aromatic heterocycles. The number of likely N-dealkylation sites (tertiary alicyclic amines) is 1. The lowest BCUT2D eigenvalue weighted by Crippen LogP contribution is -2.63. The molecule has 0 atom stereocenters. The normalized spacial score (nSPS) is 15.7. The van der Waals surface area contributed by atoms with Crippen LogP contribution in [0.1, 0.15) is 57.6 Å². The van der Waals surface area contributed by atoms with Crippen LogP contribution in [0.3, 0.4) is 0 Å². The molecule has 2 amide bonds. The SMILES string of the molecule is CC(C)(NC(=O)OCC1c2ccccc2-c2ccccc21)C(C)(C)C(=O)N1CC(CCC(=O)O)C1. The monoisotopic (exact) mass is 478 g/mol. The Morgan fingerprint density at radius 3 is 2.06 bits per heavy atom. The van der Waals surface area contributed by atoms with Crippen molar-refractivity contribution < 1.29 is 24.2 Å². The number of amides is 2. The molecule has 1 aliphatic carbocycles. The molecule has 1 saturated heterocycles. The second-order valence-electron chi connectivity index (χ2n) is 10.7. The van der Waals surface area contributed by atoms with Crippen LogP contribution in [0.25, 0.3) is 11.1 Å². The third-order valence-electron chi connectivity index (χ3n) is 7.87. The van der Waals surface area contributed by atoms with Crippen molar-refractivity contribution in [3.8, 4) is 11.1 Å². The summed E-state index contributed by atoms with van der Waals surface area (Å²) in [5.41, 5.74) is 2.88. The topological polar surface area (TPSA) is 95.9 Å². The van der Waals surface area contributed by atoms with E-state index in [2.05, 4.69) is 29.6 Å². The zero-order valence-corrected chi connectivity index (χ0v) is 20.8.